The highest BCUT2D eigenvalue weighted by Gasteiger charge is 1.96. The van der Waals surface area contributed by atoms with Crippen LogP contribution in [0, 0.1) is 0 Å². The van der Waals surface area contributed by atoms with E-state index < -0.39 is 0 Å². The van der Waals surface area contributed by atoms with E-state index >= 15 is 0 Å². The topological polar surface area (TPSA) is 46.2 Å². The molecular formula is C9H11NO. The lowest BCUT2D eigenvalue weighted by atomic mass is 10.1. The fourth-order valence-corrected chi connectivity index (χ4v) is 0.884. The molecule has 0 aromatic heterocycles. The van der Waals surface area contributed by atoms with Crippen molar-refractivity contribution < 1.29 is 5.11 Å². The predicted molar refractivity (Wildman–Crippen MR) is 46.9 cm³/mol. The van der Waals surface area contributed by atoms with Gasteiger partial charge in [0, 0.05) is 11.3 Å². The molecule has 0 atom stereocenters. The van der Waals surface area contributed by atoms with E-state index in [1.54, 1.807) is 18.2 Å². The van der Waals surface area contributed by atoms with Crippen LogP contribution in [0.1, 0.15) is 11.1 Å². The van der Waals surface area contributed by atoms with Crippen LogP contribution in [-0.2, 0) is 6.61 Å². The summed E-state index contributed by atoms with van der Waals surface area (Å²) in [5.74, 6) is 0. The summed E-state index contributed by atoms with van der Waals surface area (Å²) in [4.78, 5) is 0. The maximum atomic E-state index is 8.78. The Labute approximate surface area is 66.0 Å². The first kappa shape index (κ1) is 7.82. The molecule has 0 radical (unpaired) electrons. The molecule has 0 saturated carbocycles. The van der Waals surface area contributed by atoms with Crippen LogP contribution in [0.2, 0.25) is 0 Å². The van der Waals surface area contributed by atoms with E-state index in [-0.39, 0.29) is 6.61 Å². The maximum Gasteiger partial charge on any atom is 0.0701 e. The Balaban J connectivity index is 3.09. The molecule has 1 rings (SSSR count). The van der Waals surface area contributed by atoms with E-state index in [9.17, 15) is 0 Å². The minimum atomic E-state index is -0.0107. The zero-order chi connectivity index (χ0) is 8.27. The molecule has 0 aliphatic rings. The second-order valence-corrected chi connectivity index (χ2v) is 2.32. The van der Waals surface area contributed by atoms with Gasteiger partial charge in [0.25, 0.3) is 0 Å². The van der Waals surface area contributed by atoms with Crippen molar-refractivity contribution in [2.24, 2.45) is 0 Å². The van der Waals surface area contributed by atoms with Crippen LogP contribution < -0.4 is 5.73 Å². The predicted octanol–water partition coefficient (Wildman–Crippen LogP) is 1.40. The normalized spacial score (nSPS) is 9.55. The summed E-state index contributed by atoms with van der Waals surface area (Å²) in [5, 5.41) is 8.78. The summed E-state index contributed by atoms with van der Waals surface area (Å²) in [6.07, 6.45) is 1.72. The highest BCUT2D eigenvalue weighted by molar-refractivity contribution is 5.57. The largest absolute Gasteiger partial charge is 0.398 e. The first-order valence-electron chi connectivity index (χ1n) is 3.39. The zero-order valence-corrected chi connectivity index (χ0v) is 6.25. The SMILES string of the molecule is C=Cc1ccc(CO)c(N)c1. The second-order valence-electron chi connectivity index (χ2n) is 2.32. The van der Waals surface area contributed by atoms with Crippen LogP contribution in [0.5, 0.6) is 0 Å². The van der Waals surface area contributed by atoms with Crippen molar-refractivity contribution >= 4 is 11.8 Å². The van der Waals surface area contributed by atoms with E-state index in [1.165, 1.54) is 0 Å². The Morgan fingerprint density at radius 1 is 1.55 bits per heavy atom. The number of nitrogens with two attached hydrogens (primary N) is 1. The Bertz CT molecular complexity index is 268. The minimum absolute atomic E-state index is 0.0107. The van der Waals surface area contributed by atoms with Crippen LogP contribution in [0.3, 0.4) is 0 Å². The zero-order valence-electron chi connectivity index (χ0n) is 6.25. The smallest absolute Gasteiger partial charge is 0.0701 e. The van der Waals surface area contributed by atoms with Crippen LogP contribution in [-0.4, -0.2) is 5.11 Å². The first-order chi connectivity index (χ1) is 5.27. The van der Waals surface area contributed by atoms with Gasteiger partial charge >= 0.3 is 0 Å². The van der Waals surface area contributed by atoms with Crippen molar-refractivity contribution in [3.05, 3.63) is 35.9 Å². The number of anilines is 1. The Hall–Kier alpha value is -1.28. The van der Waals surface area contributed by atoms with E-state index in [1.807, 2.05) is 6.07 Å². The van der Waals surface area contributed by atoms with Crippen LogP contribution in [0.25, 0.3) is 6.08 Å². The molecule has 1 aromatic rings. The molecule has 0 spiro atoms. The molecule has 0 heterocycles. The average Bonchev–Trinajstić information content (AvgIpc) is 2.04. The molecular weight excluding hydrogens is 138 g/mol. The lowest BCUT2D eigenvalue weighted by molar-refractivity contribution is 0.282. The fraction of sp³-hybridized carbons (Fsp3) is 0.111. The summed E-state index contributed by atoms with van der Waals surface area (Å²) < 4.78 is 0. The van der Waals surface area contributed by atoms with E-state index in [2.05, 4.69) is 6.58 Å². The Morgan fingerprint density at radius 2 is 2.27 bits per heavy atom. The third-order valence-corrected chi connectivity index (χ3v) is 1.58. The number of benzene rings is 1. The Morgan fingerprint density at radius 3 is 2.73 bits per heavy atom. The van der Waals surface area contributed by atoms with Crippen LogP contribution in [0.15, 0.2) is 24.8 Å². The third kappa shape index (κ3) is 1.59. The summed E-state index contributed by atoms with van der Waals surface area (Å²) >= 11 is 0. The van der Waals surface area contributed by atoms with E-state index in [0.29, 0.717) is 5.69 Å². The quantitative estimate of drug-likeness (QED) is 0.624. The van der Waals surface area contributed by atoms with Gasteiger partial charge in [-0.05, 0) is 11.6 Å². The van der Waals surface area contributed by atoms with Gasteiger partial charge in [-0.3, -0.25) is 0 Å². The number of hydrogen-bond donors (Lipinski definition) is 2. The summed E-state index contributed by atoms with van der Waals surface area (Å²) in [5.41, 5.74) is 7.95. The second kappa shape index (κ2) is 3.21. The number of rotatable bonds is 2. The van der Waals surface area contributed by atoms with Crippen LogP contribution >= 0.6 is 0 Å². The first-order valence-corrected chi connectivity index (χ1v) is 3.39. The molecule has 0 aliphatic heterocycles. The van der Waals surface area contributed by atoms with Crippen molar-refractivity contribution in [3.63, 3.8) is 0 Å². The fourth-order valence-electron chi connectivity index (χ4n) is 0.884. The summed E-state index contributed by atoms with van der Waals surface area (Å²) in [7, 11) is 0. The number of aliphatic hydroxyl groups is 1. The molecule has 11 heavy (non-hydrogen) atoms. The molecule has 3 N–H and O–H groups in total. The maximum absolute atomic E-state index is 8.78. The summed E-state index contributed by atoms with van der Waals surface area (Å²) in [6.45, 7) is 3.60. The van der Waals surface area contributed by atoms with Crippen molar-refractivity contribution in [2.75, 3.05) is 5.73 Å². The van der Waals surface area contributed by atoms with Gasteiger partial charge in [-0.2, -0.15) is 0 Å². The van der Waals surface area contributed by atoms with Gasteiger partial charge in [0.2, 0.25) is 0 Å². The molecule has 0 unspecified atom stereocenters. The molecule has 0 fully saturated rings. The van der Waals surface area contributed by atoms with Crippen molar-refractivity contribution in [1.29, 1.82) is 0 Å². The number of hydrogen-bond acceptors (Lipinski definition) is 2. The van der Waals surface area contributed by atoms with Gasteiger partial charge in [0.05, 0.1) is 6.61 Å². The van der Waals surface area contributed by atoms with Gasteiger partial charge in [-0.1, -0.05) is 24.8 Å². The van der Waals surface area contributed by atoms with Crippen molar-refractivity contribution in [1.82, 2.24) is 0 Å². The molecule has 2 nitrogen and oxygen atoms in total. The average molecular weight is 149 g/mol. The van der Waals surface area contributed by atoms with E-state index in [0.717, 1.165) is 11.1 Å². The molecule has 0 amide bonds. The number of aliphatic hydroxyl groups excluding tert-OH is 1. The van der Waals surface area contributed by atoms with Crippen molar-refractivity contribution in [3.8, 4) is 0 Å². The monoisotopic (exact) mass is 149 g/mol. The van der Waals surface area contributed by atoms with Gasteiger partial charge in [0.1, 0.15) is 0 Å². The summed E-state index contributed by atoms with van der Waals surface area (Å²) in [6, 6.07) is 5.46. The van der Waals surface area contributed by atoms with Gasteiger partial charge in [-0.25, -0.2) is 0 Å². The molecule has 2 heteroatoms. The molecule has 1 aromatic carbocycles. The lowest BCUT2D eigenvalue weighted by Crippen LogP contribution is -1.93. The van der Waals surface area contributed by atoms with Crippen LogP contribution in [0.4, 0.5) is 5.69 Å². The standard InChI is InChI=1S/C9H11NO/c1-2-7-3-4-8(6-11)9(10)5-7/h2-5,11H,1,6,10H2. The van der Waals surface area contributed by atoms with Gasteiger partial charge in [0.15, 0.2) is 0 Å². The minimum Gasteiger partial charge on any atom is -0.398 e. The molecule has 0 aliphatic carbocycles. The molecule has 0 bridgehead atoms. The molecule has 58 valence electrons. The number of nitrogen functional groups attached to an aromatic ring is 1. The van der Waals surface area contributed by atoms with Crippen molar-refractivity contribution in [2.45, 2.75) is 6.61 Å². The van der Waals surface area contributed by atoms with Gasteiger partial charge in [-0.15, -0.1) is 0 Å². The lowest BCUT2D eigenvalue weighted by Gasteiger charge is -2.02. The van der Waals surface area contributed by atoms with E-state index in [4.69, 9.17) is 10.8 Å². The third-order valence-electron chi connectivity index (χ3n) is 1.58. The highest BCUT2D eigenvalue weighted by Crippen LogP contribution is 2.14. The molecule has 0 saturated heterocycles. The van der Waals surface area contributed by atoms with Gasteiger partial charge < -0.3 is 10.8 Å². The Kier molecular flexibility index (Phi) is 2.28. The highest BCUT2D eigenvalue weighted by atomic mass is 16.3.